The minimum Gasteiger partial charge on any atom is -0.444 e. The van der Waals surface area contributed by atoms with Crippen LogP contribution in [0, 0.1) is 0 Å². The number of rotatable bonds is 1. The van der Waals surface area contributed by atoms with Gasteiger partial charge in [0, 0.05) is 30.9 Å². The third-order valence-electron chi connectivity index (χ3n) is 4.12. The van der Waals surface area contributed by atoms with E-state index in [1.165, 1.54) is 0 Å². The first-order valence-corrected chi connectivity index (χ1v) is 8.33. The molecule has 2 atom stereocenters. The molecule has 130 valence electrons. The van der Waals surface area contributed by atoms with Crippen LogP contribution in [0.5, 0.6) is 0 Å². The maximum atomic E-state index is 12.7. The number of hydrogen-bond donors (Lipinski definition) is 2. The molecule has 0 radical (unpaired) electrons. The van der Waals surface area contributed by atoms with Crippen LogP contribution in [-0.4, -0.2) is 59.1 Å². The zero-order valence-electron chi connectivity index (χ0n) is 14.7. The third-order valence-corrected chi connectivity index (χ3v) is 4.12. The molecule has 0 bridgehead atoms. The third kappa shape index (κ3) is 3.36. The highest BCUT2D eigenvalue weighted by Crippen LogP contribution is 2.25. The van der Waals surface area contributed by atoms with Gasteiger partial charge in [-0.3, -0.25) is 9.89 Å². The van der Waals surface area contributed by atoms with E-state index in [2.05, 4.69) is 27.5 Å². The predicted molar refractivity (Wildman–Crippen MR) is 93.5 cm³/mol. The maximum absolute atomic E-state index is 12.7. The molecule has 0 aliphatic carbocycles. The van der Waals surface area contributed by atoms with Crippen molar-refractivity contribution in [1.82, 2.24) is 15.2 Å². The molecule has 7 nitrogen and oxygen atoms in total. The highest BCUT2D eigenvalue weighted by Gasteiger charge is 2.39. The summed E-state index contributed by atoms with van der Waals surface area (Å²) in [6, 6.07) is 3.77. The monoisotopic (exact) mass is 331 g/mol. The summed E-state index contributed by atoms with van der Waals surface area (Å²) in [4.78, 5) is 23.5. The lowest BCUT2D eigenvalue weighted by molar-refractivity contribution is 0.0146. The molecule has 1 amide bonds. The Morgan fingerprint density at radius 3 is 2.96 bits per heavy atom. The van der Waals surface area contributed by atoms with Gasteiger partial charge in [-0.05, 0) is 39.8 Å². The van der Waals surface area contributed by atoms with Crippen LogP contribution in [0.3, 0.4) is 0 Å². The number of hydrogen-bond acceptors (Lipinski definition) is 6. The number of aromatic nitrogens is 1. The Bertz CT molecular complexity index is 653. The fourth-order valence-electron chi connectivity index (χ4n) is 3.13. The van der Waals surface area contributed by atoms with Gasteiger partial charge in [-0.1, -0.05) is 0 Å². The zero-order valence-corrected chi connectivity index (χ0v) is 14.7. The van der Waals surface area contributed by atoms with E-state index in [1.807, 2.05) is 32.9 Å². The fraction of sp³-hybridized carbons (Fsp3) is 0.588. The van der Waals surface area contributed by atoms with Crippen LogP contribution in [0.25, 0.3) is 0 Å². The molecule has 0 aromatic carbocycles. The first-order valence-electron chi connectivity index (χ1n) is 8.33. The summed E-state index contributed by atoms with van der Waals surface area (Å²) in [5, 5.41) is 6.61. The van der Waals surface area contributed by atoms with Crippen molar-refractivity contribution in [1.29, 1.82) is 0 Å². The van der Waals surface area contributed by atoms with E-state index >= 15 is 0 Å². The van der Waals surface area contributed by atoms with Gasteiger partial charge in [-0.25, -0.2) is 9.78 Å². The number of amides is 1. The second-order valence-corrected chi connectivity index (χ2v) is 7.14. The topological polar surface area (TPSA) is 78.9 Å². The van der Waals surface area contributed by atoms with Crippen LogP contribution < -0.4 is 10.6 Å². The lowest BCUT2D eigenvalue weighted by Crippen LogP contribution is -2.62. The van der Waals surface area contributed by atoms with E-state index in [4.69, 9.17) is 4.74 Å². The van der Waals surface area contributed by atoms with Gasteiger partial charge in [0.15, 0.2) is 0 Å². The van der Waals surface area contributed by atoms with Gasteiger partial charge >= 0.3 is 6.09 Å². The van der Waals surface area contributed by atoms with E-state index in [0.717, 1.165) is 23.6 Å². The normalized spacial score (nSPS) is 23.8. The number of piperazine rings is 1. The summed E-state index contributed by atoms with van der Waals surface area (Å²) >= 11 is 0. The molecule has 3 rings (SSSR count). The van der Waals surface area contributed by atoms with Crippen molar-refractivity contribution in [2.75, 3.05) is 25.1 Å². The number of fused-ring (bicyclic) bond motifs is 1. The van der Waals surface area contributed by atoms with Crippen LogP contribution in [0.1, 0.15) is 33.3 Å². The quantitative estimate of drug-likeness (QED) is 0.821. The molecule has 1 fully saturated rings. The van der Waals surface area contributed by atoms with Crippen LogP contribution in [0.4, 0.5) is 10.6 Å². The summed E-state index contributed by atoms with van der Waals surface area (Å²) in [6.45, 7) is 9.51. The lowest BCUT2D eigenvalue weighted by Gasteiger charge is -2.42. The van der Waals surface area contributed by atoms with Crippen molar-refractivity contribution in [2.24, 2.45) is 4.99 Å². The second kappa shape index (κ2) is 6.39. The molecule has 3 heterocycles. The number of pyridine rings is 1. The number of carbonyl (C=O) groups is 1. The molecule has 1 aromatic rings. The minimum absolute atomic E-state index is 0.0798. The van der Waals surface area contributed by atoms with Gasteiger partial charge in [0.05, 0.1) is 11.8 Å². The van der Waals surface area contributed by atoms with E-state index in [1.54, 1.807) is 11.1 Å². The molecular weight excluding hydrogens is 306 g/mol. The van der Waals surface area contributed by atoms with E-state index in [-0.39, 0.29) is 18.2 Å². The Labute approximate surface area is 142 Å². The van der Waals surface area contributed by atoms with E-state index < -0.39 is 5.60 Å². The van der Waals surface area contributed by atoms with Gasteiger partial charge in [0.1, 0.15) is 18.1 Å². The Hall–Kier alpha value is -2.15. The molecule has 2 aliphatic heterocycles. The number of carbonyl (C=O) groups excluding carboxylic acids is 1. The van der Waals surface area contributed by atoms with Gasteiger partial charge < -0.3 is 15.4 Å². The molecule has 2 N–H and O–H groups in total. The van der Waals surface area contributed by atoms with Crippen LogP contribution in [0.15, 0.2) is 23.3 Å². The maximum Gasteiger partial charge on any atom is 0.410 e. The highest BCUT2D eigenvalue weighted by molar-refractivity contribution is 6.10. The zero-order chi connectivity index (χ0) is 17.3. The predicted octanol–water partition coefficient (Wildman–Crippen LogP) is 1.85. The minimum atomic E-state index is -0.523. The standard InChI is InChI=1S/C17H25N5O2/c1-11-14(13-12-6-5-7-19-15(12)21-10-20-13)22(9-8-18-11)16(23)24-17(2,3)4/h5-7,11,14,18H,8-10H2,1-4H3,(H,19,21). The van der Waals surface area contributed by atoms with Crippen molar-refractivity contribution in [2.45, 2.75) is 45.4 Å². The van der Waals surface area contributed by atoms with Crippen molar-refractivity contribution in [3.8, 4) is 0 Å². The summed E-state index contributed by atoms with van der Waals surface area (Å²) in [7, 11) is 0. The summed E-state index contributed by atoms with van der Waals surface area (Å²) in [5.74, 6) is 0.810. The molecule has 1 saturated heterocycles. The summed E-state index contributed by atoms with van der Waals surface area (Å²) < 4.78 is 5.61. The summed E-state index contributed by atoms with van der Waals surface area (Å²) in [6.07, 6.45) is 1.45. The fourth-order valence-corrected chi connectivity index (χ4v) is 3.13. The van der Waals surface area contributed by atoms with Crippen LogP contribution in [0.2, 0.25) is 0 Å². The Morgan fingerprint density at radius 2 is 2.21 bits per heavy atom. The van der Waals surface area contributed by atoms with Crippen molar-refractivity contribution in [3.63, 3.8) is 0 Å². The Morgan fingerprint density at radius 1 is 1.42 bits per heavy atom. The largest absolute Gasteiger partial charge is 0.444 e. The summed E-state index contributed by atoms with van der Waals surface area (Å²) in [5.41, 5.74) is 1.30. The van der Waals surface area contributed by atoms with Crippen molar-refractivity contribution >= 4 is 17.6 Å². The molecule has 2 unspecified atom stereocenters. The number of anilines is 1. The average molecular weight is 331 g/mol. The molecule has 0 spiro atoms. The van der Waals surface area contributed by atoms with Crippen molar-refractivity contribution in [3.05, 3.63) is 23.9 Å². The molecule has 1 aromatic heterocycles. The molecule has 0 saturated carbocycles. The number of ether oxygens (including phenoxy) is 1. The van der Waals surface area contributed by atoms with E-state index in [9.17, 15) is 4.79 Å². The van der Waals surface area contributed by atoms with Crippen molar-refractivity contribution < 1.29 is 9.53 Å². The molecule has 7 heteroatoms. The average Bonchev–Trinajstić information content (AvgIpc) is 2.52. The van der Waals surface area contributed by atoms with Gasteiger partial charge in [-0.15, -0.1) is 0 Å². The first kappa shape index (κ1) is 16.7. The number of nitrogens with zero attached hydrogens (tertiary/aromatic N) is 3. The second-order valence-electron chi connectivity index (χ2n) is 7.14. The molecule has 2 aliphatic rings. The van der Waals surface area contributed by atoms with E-state index in [0.29, 0.717) is 13.2 Å². The van der Waals surface area contributed by atoms with Gasteiger partial charge in [0.25, 0.3) is 0 Å². The number of nitrogens with one attached hydrogen (secondary N) is 2. The van der Waals surface area contributed by atoms with Crippen LogP contribution in [-0.2, 0) is 4.74 Å². The Balaban J connectivity index is 1.93. The first-order chi connectivity index (χ1) is 11.4. The lowest BCUT2D eigenvalue weighted by atomic mass is 9.94. The van der Waals surface area contributed by atoms with Crippen LogP contribution >= 0.6 is 0 Å². The highest BCUT2D eigenvalue weighted by atomic mass is 16.6. The SMILES string of the molecule is CC1NCCN(C(=O)OC(C)(C)C)C1C1=NCNc2ncccc21. The van der Waals surface area contributed by atoms with Gasteiger partial charge in [0.2, 0.25) is 0 Å². The Kier molecular flexibility index (Phi) is 4.45. The smallest absolute Gasteiger partial charge is 0.410 e. The molecule has 24 heavy (non-hydrogen) atoms. The molecular formula is C17H25N5O2. The van der Waals surface area contributed by atoms with Gasteiger partial charge in [-0.2, -0.15) is 0 Å². The number of aliphatic imine (C=N–C) groups is 1.